The van der Waals surface area contributed by atoms with Gasteiger partial charge >= 0.3 is 5.97 Å². The van der Waals surface area contributed by atoms with E-state index < -0.39 is 5.97 Å². The Balaban J connectivity index is 2.17. The van der Waals surface area contributed by atoms with E-state index >= 15 is 0 Å². The molecule has 0 fully saturated rings. The molecule has 1 N–H and O–H groups in total. The summed E-state index contributed by atoms with van der Waals surface area (Å²) in [5, 5.41) is 13.6. The van der Waals surface area contributed by atoms with Crippen LogP contribution in [0.2, 0.25) is 5.15 Å². The Labute approximate surface area is 111 Å². The highest BCUT2D eigenvalue weighted by Gasteiger charge is 2.17. The van der Waals surface area contributed by atoms with E-state index in [1.807, 2.05) is 28.8 Å². The molecular formula is C10H9ClN2O2S2. The van der Waals surface area contributed by atoms with Crippen LogP contribution in [0.4, 0.5) is 5.13 Å². The molecule has 0 saturated carbocycles. The molecule has 4 nitrogen and oxygen atoms in total. The highest BCUT2D eigenvalue weighted by Crippen LogP contribution is 2.29. The first-order valence-corrected chi connectivity index (χ1v) is 6.83. The van der Waals surface area contributed by atoms with Crippen LogP contribution in [-0.4, -0.2) is 23.1 Å². The number of halogens is 1. The van der Waals surface area contributed by atoms with Crippen molar-refractivity contribution in [2.45, 2.75) is 6.54 Å². The number of aromatic nitrogens is 1. The van der Waals surface area contributed by atoms with Crippen molar-refractivity contribution in [2.24, 2.45) is 0 Å². The smallest absolute Gasteiger partial charge is 0.349 e. The molecular weight excluding hydrogens is 280 g/mol. The largest absolute Gasteiger partial charge is 0.477 e. The highest BCUT2D eigenvalue weighted by molar-refractivity contribution is 7.18. The monoisotopic (exact) mass is 288 g/mol. The molecule has 0 radical (unpaired) electrons. The van der Waals surface area contributed by atoms with Gasteiger partial charge in [0.15, 0.2) is 15.2 Å². The SMILES string of the molecule is CN(Cc1ccsc1)c1nc(Cl)c(C(=O)O)s1. The fourth-order valence-electron chi connectivity index (χ4n) is 1.31. The average Bonchev–Trinajstić information content (AvgIpc) is 2.86. The van der Waals surface area contributed by atoms with Crippen molar-refractivity contribution in [3.8, 4) is 0 Å². The Bertz CT molecular complexity index is 524. The summed E-state index contributed by atoms with van der Waals surface area (Å²) >= 11 is 8.47. The van der Waals surface area contributed by atoms with Crippen molar-refractivity contribution in [2.75, 3.05) is 11.9 Å². The first kappa shape index (κ1) is 12.3. The fourth-order valence-corrected chi connectivity index (χ4v) is 3.05. The Kier molecular flexibility index (Phi) is 3.66. The number of hydrogen-bond donors (Lipinski definition) is 1. The van der Waals surface area contributed by atoms with Crippen molar-refractivity contribution < 1.29 is 9.90 Å². The van der Waals surface area contributed by atoms with Gasteiger partial charge in [-0.2, -0.15) is 11.3 Å². The number of aromatic carboxylic acids is 1. The third-order valence-corrected chi connectivity index (χ3v) is 4.37. The summed E-state index contributed by atoms with van der Waals surface area (Å²) in [7, 11) is 1.86. The van der Waals surface area contributed by atoms with Crippen molar-refractivity contribution in [1.82, 2.24) is 4.98 Å². The molecule has 0 unspecified atom stereocenters. The lowest BCUT2D eigenvalue weighted by Crippen LogP contribution is -2.15. The van der Waals surface area contributed by atoms with E-state index in [1.54, 1.807) is 11.3 Å². The van der Waals surface area contributed by atoms with E-state index in [4.69, 9.17) is 16.7 Å². The summed E-state index contributed by atoms with van der Waals surface area (Å²) < 4.78 is 0. The lowest BCUT2D eigenvalue weighted by Gasteiger charge is -2.14. The maximum atomic E-state index is 10.8. The van der Waals surface area contributed by atoms with Gasteiger partial charge in [0.2, 0.25) is 0 Å². The van der Waals surface area contributed by atoms with Gasteiger partial charge in [0.25, 0.3) is 0 Å². The molecule has 2 aromatic rings. The van der Waals surface area contributed by atoms with E-state index in [0.29, 0.717) is 11.7 Å². The van der Waals surface area contributed by atoms with Crippen LogP contribution in [0.3, 0.4) is 0 Å². The number of thiazole rings is 1. The second-order valence-corrected chi connectivity index (χ2v) is 5.52. The number of carboxylic acids is 1. The molecule has 0 saturated heterocycles. The summed E-state index contributed by atoms with van der Waals surface area (Å²) in [5.74, 6) is -1.04. The van der Waals surface area contributed by atoms with E-state index in [1.165, 1.54) is 5.56 Å². The highest BCUT2D eigenvalue weighted by atomic mass is 35.5. The number of anilines is 1. The van der Waals surface area contributed by atoms with Crippen LogP contribution >= 0.6 is 34.3 Å². The molecule has 0 spiro atoms. The van der Waals surface area contributed by atoms with Crippen LogP contribution in [0.25, 0.3) is 0 Å². The number of rotatable bonds is 4. The molecule has 7 heteroatoms. The second kappa shape index (κ2) is 5.03. The van der Waals surface area contributed by atoms with Gasteiger partial charge in [-0.1, -0.05) is 22.9 Å². The third kappa shape index (κ3) is 2.77. The van der Waals surface area contributed by atoms with Crippen LogP contribution in [0.1, 0.15) is 15.2 Å². The van der Waals surface area contributed by atoms with Gasteiger partial charge < -0.3 is 10.0 Å². The Morgan fingerprint density at radius 2 is 2.41 bits per heavy atom. The normalized spacial score (nSPS) is 10.5. The van der Waals surface area contributed by atoms with Gasteiger partial charge in [-0.25, -0.2) is 9.78 Å². The number of hydrogen-bond acceptors (Lipinski definition) is 5. The van der Waals surface area contributed by atoms with Crippen LogP contribution < -0.4 is 4.90 Å². The maximum Gasteiger partial charge on any atom is 0.349 e. The van der Waals surface area contributed by atoms with E-state index in [9.17, 15) is 4.79 Å². The lowest BCUT2D eigenvalue weighted by molar-refractivity contribution is 0.0702. The van der Waals surface area contributed by atoms with Crippen LogP contribution in [0.5, 0.6) is 0 Å². The van der Waals surface area contributed by atoms with Crippen LogP contribution in [0, 0.1) is 0 Å². The number of carboxylic acid groups (broad SMARTS) is 1. The first-order valence-electron chi connectivity index (χ1n) is 4.69. The molecule has 0 atom stereocenters. The molecule has 2 heterocycles. The van der Waals surface area contributed by atoms with Gasteiger partial charge in [-0.15, -0.1) is 0 Å². The summed E-state index contributed by atoms with van der Waals surface area (Å²) in [4.78, 5) is 16.9. The minimum atomic E-state index is -1.04. The number of nitrogens with zero attached hydrogens (tertiary/aromatic N) is 2. The molecule has 17 heavy (non-hydrogen) atoms. The summed E-state index contributed by atoms with van der Waals surface area (Å²) in [6.07, 6.45) is 0. The number of thiophene rings is 1. The molecule has 90 valence electrons. The van der Waals surface area contributed by atoms with Gasteiger partial charge in [-0.05, 0) is 22.4 Å². The first-order chi connectivity index (χ1) is 8.08. The van der Waals surface area contributed by atoms with E-state index in [-0.39, 0.29) is 10.0 Å². The zero-order chi connectivity index (χ0) is 12.4. The predicted octanol–water partition coefficient (Wildman–Crippen LogP) is 3.19. The van der Waals surface area contributed by atoms with Gasteiger partial charge in [0, 0.05) is 13.6 Å². The van der Waals surface area contributed by atoms with E-state index in [0.717, 1.165) is 11.3 Å². The lowest BCUT2D eigenvalue weighted by atomic mass is 10.3. The quantitative estimate of drug-likeness (QED) is 0.939. The molecule has 2 aromatic heterocycles. The molecule has 0 amide bonds. The number of carbonyl (C=O) groups is 1. The van der Waals surface area contributed by atoms with Crippen molar-refractivity contribution in [3.63, 3.8) is 0 Å². The van der Waals surface area contributed by atoms with Crippen LogP contribution in [-0.2, 0) is 6.54 Å². The van der Waals surface area contributed by atoms with Crippen molar-refractivity contribution in [3.05, 3.63) is 32.4 Å². The zero-order valence-electron chi connectivity index (χ0n) is 8.88. The molecule has 0 aliphatic rings. The predicted molar refractivity (Wildman–Crippen MR) is 70.5 cm³/mol. The van der Waals surface area contributed by atoms with Gasteiger partial charge in [-0.3, -0.25) is 0 Å². The standard InChI is InChI=1S/C10H9ClN2O2S2/c1-13(4-6-2-3-16-5-6)10-12-8(11)7(17-10)9(14)15/h2-3,5H,4H2,1H3,(H,14,15). The molecule has 0 aromatic carbocycles. The summed E-state index contributed by atoms with van der Waals surface area (Å²) in [6.45, 7) is 0.687. The minimum Gasteiger partial charge on any atom is -0.477 e. The molecule has 0 aliphatic heterocycles. The maximum absolute atomic E-state index is 10.8. The third-order valence-electron chi connectivity index (χ3n) is 2.10. The van der Waals surface area contributed by atoms with Gasteiger partial charge in [0.05, 0.1) is 0 Å². The molecule has 2 rings (SSSR count). The average molecular weight is 289 g/mol. The second-order valence-electron chi connectivity index (χ2n) is 3.41. The topological polar surface area (TPSA) is 53.4 Å². The van der Waals surface area contributed by atoms with E-state index in [2.05, 4.69) is 4.98 Å². The molecule has 0 aliphatic carbocycles. The Hall–Kier alpha value is -1.11. The Morgan fingerprint density at radius 3 is 2.94 bits per heavy atom. The minimum absolute atomic E-state index is 0.0506. The molecule has 0 bridgehead atoms. The fraction of sp³-hybridized carbons (Fsp3) is 0.200. The van der Waals surface area contributed by atoms with Crippen LogP contribution in [0.15, 0.2) is 16.8 Å². The van der Waals surface area contributed by atoms with Crippen molar-refractivity contribution >= 4 is 45.4 Å². The summed E-state index contributed by atoms with van der Waals surface area (Å²) in [6, 6.07) is 2.02. The van der Waals surface area contributed by atoms with Crippen molar-refractivity contribution in [1.29, 1.82) is 0 Å². The summed E-state index contributed by atoms with van der Waals surface area (Å²) in [5.41, 5.74) is 1.17. The Morgan fingerprint density at radius 1 is 1.65 bits per heavy atom. The zero-order valence-corrected chi connectivity index (χ0v) is 11.3. The van der Waals surface area contributed by atoms with Gasteiger partial charge in [0.1, 0.15) is 0 Å².